The maximum atomic E-state index is 11.8. The molecule has 1 unspecified atom stereocenters. The Morgan fingerprint density at radius 2 is 1.83 bits per heavy atom. The Kier molecular flexibility index (Phi) is 7.61. The summed E-state index contributed by atoms with van der Waals surface area (Å²) in [5.74, 6) is -0.852. The van der Waals surface area contributed by atoms with Crippen LogP contribution in [0.25, 0.3) is 0 Å². The van der Waals surface area contributed by atoms with Crippen LogP contribution in [0, 0.1) is 6.92 Å². The smallest absolute Gasteiger partial charge is 0.319 e. The quantitative estimate of drug-likeness (QED) is 0.766. The van der Waals surface area contributed by atoms with Gasteiger partial charge in [-0.15, -0.1) is 11.8 Å². The summed E-state index contributed by atoms with van der Waals surface area (Å²) in [4.78, 5) is 36.3. The van der Waals surface area contributed by atoms with Crippen molar-refractivity contribution in [2.45, 2.75) is 19.1 Å². The van der Waals surface area contributed by atoms with Crippen LogP contribution in [0.4, 0.5) is 5.69 Å². The third kappa shape index (κ3) is 7.19. The molecule has 6 nitrogen and oxygen atoms in total. The molecule has 0 aliphatic carbocycles. The van der Waals surface area contributed by atoms with Crippen LogP contribution in [0.3, 0.4) is 0 Å². The zero-order chi connectivity index (χ0) is 17.4. The topological polar surface area (TPSA) is 75.7 Å². The van der Waals surface area contributed by atoms with Gasteiger partial charge < -0.3 is 15.0 Å². The van der Waals surface area contributed by atoms with Crippen molar-refractivity contribution in [1.29, 1.82) is 0 Å². The van der Waals surface area contributed by atoms with Crippen molar-refractivity contribution in [3.05, 3.63) is 29.8 Å². The number of esters is 1. The van der Waals surface area contributed by atoms with Crippen LogP contribution in [-0.4, -0.2) is 54.4 Å². The Hall–Kier alpha value is -2.02. The highest BCUT2D eigenvalue weighted by Crippen LogP contribution is 2.14. The molecule has 7 heteroatoms. The van der Waals surface area contributed by atoms with E-state index in [2.05, 4.69) is 5.32 Å². The van der Waals surface area contributed by atoms with E-state index in [1.165, 1.54) is 4.90 Å². The number of thioether (sulfide) groups is 1. The summed E-state index contributed by atoms with van der Waals surface area (Å²) in [5.41, 5.74) is 1.83. The van der Waals surface area contributed by atoms with Crippen LogP contribution < -0.4 is 5.32 Å². The van der Waals surface area contributed by atoms with Crippen molar-refractivity contribution in [2.75, 3.05) is 31.8 Å². The summed E-state index contributed by atoms with van der Waals surface area (Å²) < 4.78 is 4.91. The van der Waals surface area contributed by atoms with Gasteiger partial charge in [-0.2, -0.15) is 0 Å². The molecule has 0 bridgehead atoms. The summed E-state index contributed by atoms with van der Waals surface area (Å²) in [6.07, 6.45) is 0. The lowest BCUT2D eigenvalue weighted by Crippen LogP contribution is -2.30. The molecule has 0 spiro atoms. The standard InChI is InChI=1S/C16H22N2O4S/c1-11-5-7-13(8-6-11)17-14(19)10-23-12(2)16(21)22-9-15(20)18(3)4/h5-8,12H,9-10H2,1-4H3,(H,17,19). The van der Waals surface area contributed by atoms with Crippen molar-refractivity contribution in [3.63, 3.8) is 0 Å². The number of hydrogen-bond acceptors (Lipinski definition) is 5. The minimum Gasteiger partial charge on any atom is -0.455 e. The average Bonchev–Trinajstić information content (AvgIpc) is 2.51. The third-order valence-electron chi connectivity index (χ3n) is 2.97. The van der Waals surface area contributed by atoms with Gasteiger partial charge in [0.15, 0.2) is 6.61 Å². The highest BCUT2D eigenvalue weighted by atomic mass is 32.2. The molecule has 1 N–H and O–H groups in total. The molecule has 1 atom stereocenters. The van der Waals surface area contributed by atoms with Gasteiger partial charge in [0.05, 0.1) is 5.75 Å². The van der Waals surface area contributed by atoms with Crippen LogP contribution >= 0.6 is 11.8 Å². The van der Waals surface area contributed by atoms with Gasteiger partial charge in [-0.25, -0.2) is 0 Å². The van der Waals surface area contributed by atoms with E-state index in [4.69, 9.17) is 4.74 Å². The fourth-order valence-corrected chi connectivity index (χ4v) is 2.16. The van der Waals surface area contributed by atoms with E-state index in [0.29, 0.717) is 5.69 Å². The number of nitrogens with one attached hydrogen (secondary N) is 1. The van der Waals surface area contributed by atoms with E-state index in [-0.39, 0.29) is 24.2 Å². The lowest BCUT2D eigenvalue weighted by molar-refractivity contribution is -0.150. The molecule has 0 fully saturated rings. The lowest BCUT2D eigenvalue weighted by Gasteiger charge is -2.13. The molecular weight excluding hydrogens is 316 g/mol. The van der Waals surface area contributed by atoms with Crippen molar-refractivity contribution < 1.29 is 19.1 Å². The predicted molar refractivity (Wildman–Crippen MR) is 91.4 cm³/mol. The fraction of sp³-hybridized carbons (Fsp3) is 0.438. The fourth-order valence-electron chi connectivity index (χ4n) is 1.48. The highest BCUT2D eigenvalue weighted by Gasteiger charge is 2.18. The zero-order valence-electron chi connectivity index (χ0n) is 13.8. The van der Waals surface area contributed by atoms with E-state index in [0.717, 1.165) is 17.3 Å². The number of nitrogens with zero attached hydrogens (tertiary/aromatic N) is 1. The summed E-state index contributed by atoms with van der Waals surface area (Å²) >= 11 is 1.16. The molecule has 1 rings (SSSR count). The Morgan fingerprint density at radius 3 is 2.39 bits per heavy atom. The summed E-state index contributed by atoms with van der Waals surface area (Å²) in [6, 6.07) is 7.46. The van der Waals surface area contributed by atoms with Crippen LogP contribution in [0.2, 0.25) is 0 Å². The molecule has 126 valence electrons. The first-order valence-corrected chi connectivity index (χ1v) is 8.19. The van der Waals surface area contributed by atoms with E-state index in [1.807, 2.05) is 31.2 Å². The van der Waals surface area contributed by atoms with Gasteiger partial charge in [-0.1, -0.05) is 17.7 Å². The number of carbonyl (C=O) groups excluding carboxylic acids is 3. The number of likely N-dealkylation sites (N-methyl/N-ethyl adjacent to an activating group) is 1. The van der Waals surface area contributed by atoms with Crippen molar-refractivity contribution in [1.82, 2.24) is 4.90 Å². The van der Waals surface area contributed by atoms with E-state index < -0.39 is 11.2 Å². The van der Waals surface area contributed by atoms with Gasteiger partial charge in [-0.3, -0.25) is 14.4 Å². The average molecular weight is 338 g/mol. The number of benzene rings is 1. The van der Waals surface area contributed by atoms with Crippen molar-refractivity contribution in [3.8, 4) is 0 Å². The molecule has 0 aromatic heterocycles. The van der Waals surface area contributed by atoms with Crippen molar-refractivity contribution >= 4 is 35.2 Å². The van der Waals surface area contributed by atoms with Gasteiger partial charge in [0.2, 0.25) is 5.91 Å². The molecule has 0 saturated heterocycles. The molecule has 0 saturated carbocycles. The summed E-state index contributed by atoms with van der Waals surface area (Å²) in [5, 5.41) is 2.24. The number of carbonyl (C=O) groups is 3. The SMILES string of the molecule is Cc1ccc(NC(=O)CSC(C)C(=O)OCC(=O)N(C)C)cc1. The number of ether oxygens (including phenoxy) is 1. The Labute approximate surface area is 140 Å². The molecule has 2 amide bonds. The number of rotatable bonds is 7. The molecule has 1 aromatic rings. The second-order valence-corrected chi connectivity index (χ2v) is 6.59. The molecule has 0 radical (unpaired) electrons. The van der Waals surface area contributed by atoms with Gasteiger partial charge in [-0.05, 0) is 26.0 Å². The normalized spacial score (nSPS) is 11.5. The largest absolute Gasteiger partial charge is 0.455 e. The Balaban J connectivity index is 2.32. The number of amides is 2. The highest BCUT2D eigenvalue weighted by molar-refractivity contribution is 8.01. The van der Waals surface area contributed by atoms with Gasteiger partial charge in [0, 0.05) is 19.8 Å². The first-order chi connectivity index (χ1) is 10.8. The third-order valence-corrected chi connectivity index (χ3v) is 4.09. The zero-order valence-corrected chi connectivity index (χ0v) is 14.6. The molecule has 0 aliphatic heterocycles. The van der Waals surface area contributed by atoms with Gasteiger partial charge >= 0.3 is 5.97 Å². The number of hydrogen-bond donors (Lipinski definition) is 1. The molecule has 0 aliphatic rings. The maximum Gasteiger partial charge on any atom is 0.319 e. The number of anilines is 1. The van der Waals surface area contributed by atoms with Gasteiger partial charge in [0.25, 0.3) is 5.91 Å². The van der Waals surface area contributed by atoms with Gasteiger partial charge in [0.1, 0.15) is 5.25 Å². The molecule has 1 aromatic carbocycles. The Morgan fingerprint density at radius 1 is 1.22 bits per heavy atom. The first kappa shape index (κ1) is 19.0. The minimum absolute atomic E-state index is 0.131. The van der Waals surface area contributed by atoms with E-state index in [9.17, 15) is 14.4 Å². The van der Waals surface area contributed by atoms with Crippen LogP contribution in [-0.2, 0) is 19.1 Å². The summed E-state index contributed by atoms with van der Waals surface area (Å²) in [6.45, 7) is 3.33. The molecule has 0 heterocycles. The summed E-state index contributed by atoms with van der Waals surface area (Å²) in [7, 11) is 3.17. The monoisotopic (exact) mass is 338 g/mol. The molecular formula is C16H22N2O4S. The van der Waals surface area contributed by atoms with Crippen LogP contribution in [0.5, 0.6) is 0 Å². The number of aryl methyl sites for hydroxylation is 1. The van der Waals surface area contributed by atoms with Crippen LogP contribution in [0.1, 0.15) is 12.5 Å². The van der Waals surface area contributed by atoms with E-state index >= 15 is 0 Å². The maximum absolute atomic E-state index is 11.8. The minimum atomic E-state index is -0.520. The van der Waals surface area contributed by atoms with Crippen molar-refractivity contribution in [2.24, 2.45) is 0 Å². The second-order valence-electron chi connectivity index (χ2n) is 5.26. The lowest BCUT2D eigenvalue weighted by atomic mass is 10.2. The first-order valence-electron chi connectivity index (χ1n) is 7.14. The predicted octanol–water partition coefficient (Wildman–Crippen LogP) is 1.69. The molecule has 23 heavy (non-hydrogen) atoms. The second kappa shape index (κ2) is 9.19. The van der Waals surface area contributed by atoms with Crippen LogP contribution in [0.15, 0.2) is 24.3 Å². The Bertz CT molecular complexity index is 558. The van der Waals surface area contributed by atoms with E-state index in [1.54, 1.807) is 21.0 Å².